The first-order valence-electron chi connectivity index (χ1n) is 4.61. The molecule has 2 rings (SSSR count). The molecule has 6 nitrogen and oxygen atoms in total. The highest BCUT2D eigenvalue weighted by Crippen LogP contribution is 2.14. The first-order valence-corrected chi connectivity index (χ1v) is 5.43. The Balaban J connectivity index is 2.49. The van der Waals surface area contributed by atoms with Gasteiger partial charge in [0.05, 0.1) is 6.26 Å². The molecule has 0 saturated carbocycles. The number of aromatic nitrogens is 3. The topological polar surface area (TPSA) is 86.9 Å². The molecule has 2 heterocycles. The van der Waals surface area contributed by atoms with Gasteiger partial charge in [0.15, 0.2) is 11.5 Å². The van der Waals surface area contributed by atoms with Crippen LogP contribution in [0.15, 0.2) is 32.8 Å². The molecule has 2 aromatic heterocycles. The molecular formula is C10H8N4O2S. The second-order valence-corrected chi connectivity index (χ2v) is 3.71. The van der Waals surface area contributed by atoms with E-state index in [4.69, 9.17) is 10.3 Å². The Bertz CT molecular complexity index is 637. The number of nitrogens with zero attached hydrogens (tertiary/aromatic N) is 3. The predicted molar refractivity (Wildman–Crippen MR) is 63.5 cm³/mol. The van der Waals surface area contributed by atoms with E-state index < -0.39 is 5.56 Å². The van der Waals surface area contributed by atoms with E-state index in [1.807, 2.05) is 0 Å². The van der Waals surface area contributed by atoms with Gasteiger partial charge in [-0.15, -0.1) is 10.2 Å². The van der Waals surface area contributed by atoms with Gasteiger partial charge in [-0.2, -0.15) is 4.68 Å². The first-order chi connectivity index (χ1) is 8.24. The lowest BCUT2D eigenvalue weighted by Gasteiger charge is -2.02. The molecular weight excluding hydrogens is 240 g/mol. The van der Waals surface area contributed by atoms with E-state index in [0.717, 1.165) is 16.4 Å². The monoisotopic (exact) mass is 248 g/mol. The van der Waals surface area contributed by atoms with E-state index in [9.17, 15) is 4.79 Å². The molecule has 0 bridgehead atoms. The number of hydrogen-bond acceptors (Lipinski definition) is 6. The number of rotatable bonds is 2. The summed E-state index contributed by atoms with van der Waals surface area (Å²) in [6, 6.07) is 3.27. The van der Waals surface area contributed by atoms with Gasteiger partial charge in [-0.1, -0.05) is 5.92 Å². The molecule has 0 saturated heterocycles. The van der Waals surface area contributed by atoms with Gasteiger partial charge in [0, 0.05) is 11.8 Å². The van der Waals surface area contributed by atoms with Gasteiger partial charge in [0.1, 0.15) is 0 Å². The summed E-state index contributed by atoms with van der Waals surface area (Å²) in [4.78, 5) is 11.9. The zero-order valence-corrected chi connectivity index (χ0v) is 9.69. The molecule has 0 aliphatic heterocycles. The van der Waals surface area contributed by atoms with Crippen LogP contribution in [0.4, 0.5) is 0 Å². The first kappa shape index (κ1) is 11.3. The molecule has 17 heavy (non-hydrogen) atoms. The van der Waals surface area contributed by atoms with Crippen LogP contribution in [0.1, 0.15) is 6.92 Å². The summed E-state index contributed by atoms with van der Waals surface area (Å²) in [6.45, 7) is 1.68. The molecule has 2 aromatic rings. The van der Waals surface area contributed by atoms with Crippen LogP contribution in [0, 0.1) is 11.2 Å². The van der Waals surface area contributed by atoms with E-state index in [0.29, 0.717) is 5.76 Å². The fourth-order valence-electron chi connectivity index (χ4n) is 1.12. The maximum absolute atomic E-state index is 11.9. The molecule has 0 unspecified atom stereocenters. The third-order valence-corrected chi connectivity index (χ3v) is 2.63. The molecule has 0 radical (unpaired) electrons. The second-order valence-electron chi connectivity index (χ2n) is 2.94. The number of thioether (sulfide) groups is 1. The smallest absolute Gasteiger partial charge is 0.302 e. The average Bonchev–Trinajstić information content (AvgIpc) is 2.85. The fourth-order valence-corrected chi connectivity index (χ4v) is 1.58. The van der Waals surface area contributed by atoms with E-state index in [2.05, 4.69) is 21.4 Å². The van der Waals surface area contributed by atoms with E-state index in [1.54, 1.807) is 19.1 Å². The Hall–Kier alpha value is -2.20. The van der Waals surface area contributed by atoms with Gasteiger partial charge >= 0.3 is 5.56 Å². The molecule has 0 amide bonds. The largest absolute Gasteiger partial charge is 0.462 e. The highest BCUT2D eigenvalue weighted by Gasteiger charge is 2.13. The quantitative estimate of drug-likeness (QED) is 0.478. The molecule has 86 valence electrons. The predicted octanol–water partition coefficient (Wildman–Crippen LogP) is 0.685. The van der Waals surface area contributed by atoms with Crippen LogP contribution < -0.4 is 11.4 Å². The Morgan fingerprint density at radius 2 is 2.35 bits per heavy atom. The zero-order chi connectivity index (χ0) is 12.3. The number of nitrogen functional groups attached to an aromatic ring is 1. The summed E-state index contributed by atoms with van der Waals surface area (Å²) in [5.41, 5.74) is -0.401. The molecule has 0 aliphatic rings. The molecule has 0 atom stereocenters. The lowest BCUT2D eigenvalue weighted by molar-refractivity contribution is 0.572. The van der Waals surface area contributed by atoms with E-state index >= 15 is 0 Å². The van der Waals surface area contributed by atoms with Crippen molar-refractivity contribution in [3.8, 4) is 22.6 Å². The second kappa shape index (κ2) is 4.76. The van der Waals surface area contributed by atoms with E-state index in [1.165, 1.54) is 6.26 Å². The standard InChI is InChI=1S/C10H8N4O2S/c1-2-6-17-10-13-12-8(9(15)14(10)11)7-4-3-5-16-7/h3-5H,11H2,1H3. The highest BCUT2D eigenvalue weighted by molar-refractivity contribution is 8.03. The lowest BCUT2D eigenvalue weighted by Crippen LogP contribution is -2.31. The van der Waals surface area contributed by atoms with Crippen LogP contribution in [0.3, 0.4) is 0 Å². The summed E-state index contributed by atoms with van der Waals surface area (Å²) >= 11 is 1.04. The molecule has 2 N–H and O–H groups in total. The van der Waals surface area contributed by atoms with Crippen LogP contribution >= 0.6 is 11.8 Å². The number of furan rings is 1. The van der Waals surface area contributed by atoms with Gasteiger partial charge in [-0.25, -0.2) is 0 Å². The Morgan fingerprint density at radius 1 is 1.53 bits per heavy atom. The summed E-state index contributed by atoms with van der Waals surface area (Å²) in [5.74, 6) is 8.60. The Labute approximate surface area is 101 Å². The minimum Gasteiger partial charge on any atom is -0.462 e. The summed E-state index contributed by atoms with van der Waals surface area (Å²) < 4.78 is 5.97. The van der Waals surface area contributed by atoms with Crippen molar-refractivity contribution in [2.24, 2.45) is 0 Å². The fraction of sp³-hybridized carbons (Fsp3) is 0.100. The SMILES string of the molecule is CC#CSc1nnc(-c2ccco2)c(=O)n1N. The molecule has 0 aromatic carbocycles. The molecule has 0 aliphatic carbocycles. The van der Waals surface area contributed by atoms with Gasteiger partial charge in [0.25, 0.3) is 0 Å². The van der Waals surface area contributed by atoms with Crippen LogP contribution in [0.25, 0.3) is 11.5 Å². The Kier molecular flexibility index (Phi) is 3.16. The van der Waals surface area contributed by atoms with Crippen molar-refractivity contribution in [1.82, 2.24) is 14.9 Å². The van der Waals surface area contributed by atoms with Crippen molar-refractivity contribution in [2.45, 2.75) is 12.1 Å². The van der Waals surface area contributed by atoms with Crippen LogP contribution in [-0.2, 0) is 0 Å². The molecule has 7 heteroatoms. The maximum atomic E-state index is 11.9. The normalized spacial score (nSPS) is 9.71. The van der Waals surface area contributed by atoms with Crippen molar-refractivity contribution in [3.63, 3.8) is 0 Å². The zero-order valence-electron chi connectivity index (χ0n) is 8.88. The van der Waals surface area contributed by atoms with E-state index in [-0.39, 0.29) is 10.9 Å². The molecule has 0 fully saturated rings. The summed E-state index contributed by atoms with van der Waals surface area (Å²) in [6.07, 6.45) is 1.45. The van der Waals surface area contributed by atoms with Gasteiger partial charge in [-0.05, 0) is 24.3 Å². The van der Waals surface area contributed by atoms with Crippen LogP contribution in [0.5, 0.6) is 0 Å². The summed E-state index contributed by atoms with van der Waals surface area (Å²) in [7, 11) is 0. The number of nitrogens with two attached hydrogens (primary N) is 1. The minimum absolute atomic E-state index is 0.0753. The lowest BCUT2D eigenvalue weighted by atomic mass is 10.3. The number of hydrogen-bond donors (Lipinski definition) is 1. The minimum atomic E-state index is -0.477. The van der Waals surface area contributed by atoms with Crippen LogP contribution in [-0.4, -0.2) is 14.9 Å². The van der Waals surface area contributed by atoms with Crippen molar-refractivity contribution < 1.29 is 4.42 Å². The van der Waals surface area contributed by atoms with Gasteiger partial charge in [0.2, 0.25) is 5.16 Å². The average molecular weight is 248 g/mol. The van der Waals surface area contributed by atoms with Crippen molar-refractivity contribution >= 4 is 11.8 Å². The van der Waals surface area contributed by atoms with Crippen molar-refractivity contribution in [2.75, 3.05) is 5.84 Å². The Morgan fingerprint density at radius 3 is 3.00 bits per heavy atom. The van der Waals surface area contributed by atoms with Crippen molar-refractivity contribution in [1.29, 1.82) is 0 Å². The van der Waals surface area contributed by atoms with Crippen LogP contribution in [0.2, 0.25) is 0 Å². The van der Waals surface area contributed by atoms with Gasteiger partial charge < -0.3 is 10.3 Å². The third kappa shape index (κ3) is 2.16. The summed E-state index contributed by atoms with van der Waals surface area (Å²) in [5, 5.41) is 10.5. The highest BCUT2D eigenvalue weighted by atomic mass is 32.2. The van der Waals surface area contributed by atoms with Crippen molar-refractivity contribution in [3.05, 3.63) is 28.7 Å². The molecule has 0 spiro atoms. The third-order valence-electron chi connectivity index (χ3n) is 1.86. The maximum Gasteiger partial charge on any atom is 0.302 e. The van der Waals surface area contributed by atoms with Gasteiger partial charge in [-0.3, -0.25) is 4.79 Å².